The molecule has 3 unspecified atom stereocenters. The molecule has 6 atom stereocenters. The fraction of sp³-hybridized carbons (Fsp3) is 0.353. The molecule has 1 saturated heterocycles. The van der Waals surface area contributed by atoms with Crippen LogP contribution in [0.1, 0.15) is 22.8 Å². The van der Waals surface area contributed by atoms with Crippen LogP contribution in [0.5, 0.6) is 0 Å². The second-order valence-corrected chi connectivity index (χ2v) is 13.9. The van der Waals surface area contributed by atoms with Gasteiger partial charge in [-0.3, -0.25) is 9.32 Å². The molecule has 0 bridgehead atoms. The van der Waals surface area contributed by atoms with Gasteiger partial charge in [0.15, 0.2) is 6.23 Å². The Morgan fingerprint density at radius 1 is 1.15 bits per heavy atom. The maximum absolute atomic E-state index is 12.6. The molecule has 0 saturated carbocycles. The Balaban J connectivity index is 1.42. The van der Waals surface area contributed by atoms with Crippen LogP contribution in [0.15, 0.2) is 24.0 Å². The monoisotopic (exact) mass is 628 g/mol. The molecule has 3 aromatic rings. The van der Waals surface area contributed by atoms with Gasteiger partial charge in [0.2, 0.25) is 0 Å². The zero-order valence-electron chi connectivity index (χ0n) is 19.3. The number of carbonyl (C=O) groups excluding carboxylic acids is 1. The number of nitrogens with one attached hydrogen (secondary N) is 1. The average Bonchev–Trinajstić information content (AvgIpc) is 3.44. The van der Waals surface area contributed by atoms with E-state index in [2.05, 4.69) is 28.4 Å². The van der Waals surface area contributed by atoms with Gasteiger partial charge in [-0.2, -0.15) is 8.62 Å². The number of carbonyl (C=O) groups is 1. The van der Waals surface area contributed by atoms with Gasteiger partial charge in [0.25, 0.3) is 5.91 Å². The zero-order chi connectivity index (χ0) is 28.5. The van der Waals surface area contributed by atoms with Crippen LogP contribution in [-0.4, -0.2) is 74.6 Å². The number of anilines is 1. The third kappa shape index (κ3) is 5.40. The smallest absolute Gasteiger partial charge is 0.387 e. The minimum atomic E-state index is -5.76. The summed E-state index contributed by atoms with van der Waals surface area (Å²) in [5.41, 5.74) is -0.762. The first kappa shape index (κ1) is 28.6. The molecule has 2 aliphatic rings. The summed E-state index contributed by atoms with van der Waals surface area (Å²) < 4.78 is 53.4. The average molecular weight is 628 g/mol. The molecule has 0 aromatic carbocycles. The fourth-order valence-corrected chi connectivity index (χ4v) is 8.11. The Morgan fingerprint density at radius 2 is 1.87 bits per heavy atom. The summed E-state index contributed by atoms with van der Waals surface area (Å²) in [6, 6.07) is 1.72. The van der Waals surface area contributed by atoms with Crippen molar-refractivity contribution in [3.8, 4) is 11.1 Å². The second-order valence-electron chi connectivity index (χ2n) is 8.57. The van der Waals surface area contributed by atoms with E-state index in [9.17, 15) is 38.5 Å². The number of ether oxygens (including phenoxy) is 1. The fourth-order valence-electron chi connectivity index (χ4n) is 4.27. The molecule has 1 fully saturated rings. The first-order chi connectivity index (χ1) is 18.0. The quantitative estimate of drug-likeness (QED) is 0.172. The number of rotatable bonds is 8. The van der Waals surface area contributed by atoms with Crippen molar-refractivity contribution in [2.75, 3.05) is 11.9 Å². The van der Waals surface area contributed by atoms with Crippen LogP contribution < -0.4 is 5.32 Å². The molecule has 7 N–H and O–H groups in total. The molecule has 39 heavy (non-hydrogen) atoms. The lowest BCUT2D eigenvalue weighted by Gasteiger charge is -2.27. The van der Waals surface area contributed by atoms with Gasteiger partial charge in [0.05, 0.1) is 12.0 Å². The highest BCUT2D eigenvalue weighted by atomic mass is 32.1. The molecule has 5 heterocycles. The van der Waals surface area contributed by atoms with E-state index in [0.717, 1.165) is 0 Å². The normalized spacial score (nSPS) is 28.0. The topological polar surface area (TPSA) is 269 Å². The minimum Gasteiger partial charge on any atom is -0.387 e. The van der Waals surface area contributed by atoms with Crippen LogP contribution in [0.4, 0.5) is 5.82 Å². The maximum atomic E-state index is 12.6. The highest BCUT2D eigenvalue weighted by Crippen LogP contribution is 2.66. The van der Waals surface area contributed by atoms with Crippen LogP contribution in [0.2, 0.25) is 0 Å². The second kappa shape index (κ2) is 9.58. The van der Waals surface area contributed by atoms with E-state index in [1.165, 1.54) is 35.4 Å². The Labute approximate surface area is 221 Å². The van der Waals surface area contributed by atoms with Gasteiger partial charge in [-0.05, 0) is 18.4 Å². The van der Waals surface area contributed by atoms with E-state index in [4.69, 9.17) is 14.5 Å². The van der Waals surface area contributed by atoms with Crippen molar-refractivity contribution in [1.82, 2.24) is 14.5 Å². The van der Waals surface area contributed by atoms with E-state index >= 15 is 0 Å². The summed E-state index contributed by atoms with van der Waals surface area (Å²) >= 11 is 1.20. The molecule has 1 amide bonds. The predicted octanol–water partition coefficient (Wildman–Crippen LogP) is 1.08. The van der Waals surface area contributed by atoms with Gasteiger partial charge in [0.1, 0.15) is 40.5 Å². The van der Waals surface area contributed by atoms with Crippen LogP contribution >= 0.6 is 34.8 Å². The standard InChI is InChI=1S/C17H19N4O14P3S/c1-17(24)12(22)9(5-32-37(28,29)35-38(30,31)34-36(25,26)27)33-16(17)21-4-8-7-2-3-39-11(7)15(23)20-13-10(8)14(21)19-6-18-13/h2-4,6,9,12,16,22,24H,5H2,1H3,(H,28,29)(H,30,31)(H2,25,26,27)(H,18,19,20,23)/t9?,12-,16-,17-/m1/s1. The lowest BCUT2D eigenvalue weighted by molar-refractivity contribution is -0.0946. The summed E-state index contributed by atoms with van der Waals surface area (Å²) in [7, 11) is -16.9. The molecule has 0 spiro atoms. The molecule has 18 nitrogen and oxygen atoms in total. The molecule has 212 valence electrons. The molecule has 3 aromatic heterocycles. The highest BCUT2D eigenvalue weighted by Gasteiger charge is 2.54. The SMILES string of the molecule is C[C@@]1(O)[C@H](O)C(COP(=O)(O)OP(=O)(O)OP(=O)(O)O)O[C@H]1n1cc2c3c(ncnc31)NC(=O)c1sccc1-2. The van der Waals surface area contributed by atoms with Crippen molar-refractivity contribution in [3.05, 3.63) is 28.8 Å². The van der Waals surface area contributed by atoms with Gasteiger partial charge < -0.3 is 44.4 Å². The Bertz CT molecular complexity index is 1620. The van der Waals surface area contributed by atoms with Crippen molar-refractivity contribution in [2.24, 2.45) is 0 Å². The number of aromatic nitrogens is 3. The number of nitrogens with zero attached hydrogens (tertiary/aromatic N) is 3. The van der Waals surface area contributed by atoms with Crippen LogP contribution in [0.25, 0.3) is 22.2 Å². The van der Waals surface area contributed by atoms with Crippen molar-refractivity contribution < 1.29 is 66.2 Å². The van der Waals surface area contributed by atoms with Crippen molar-refractivity contribution in [2.45, 2.75) is 31.0 Å². The molecule has 22 heteroatoms. The lowest BCUT2D eigenvalue weighted by atomic mass is 9.96. The number of phosphoric acid groups is 3. The summed E-state index contributed by atoms with van der Waals surface area (Å²) in [6.07, 6.45) is -1.96. The predicted molar refractivity (Wildman–Crippen MR) is 129 cm³/mol. The number of hydrogen-bond acceptors (Lipinski definition) is 13. The molecular formula is C17H19N4O14P3S. The molecular weight excluding hydrogens is 609 g/mol. The molecule has 0 radical (unpaired) electrons. The third-order valence-electron chi connectivity index (χ3n) is 5.83. The molecule has 5 rings (SSSR count). The summed E-state index contributed by atoms with van der Waals surface area (Å²) in [5.74, 6) is -0.168. The van der Waals surface area contributed by atoms with Crippen molar-refractivity contribution in [3.63, 3.8) is 0 Å². The van der Waals surface area contributed by atoms with Gasteiger partial charge in [-0.25, -0.2) is 23.7 Å². The number of amides is 1. The van der Waals surface area contributed by atoms with Gasteiger partial charge >= 0.3 is 23.5 Å². The number of phosphoric ester groups is 1. The number of aliphatic hydroxyl groups excluding tert-OH is 1. The Kier molecular flexibility index (Phi) is 7.03. The third-order valence-corrected chi connectivity index (χ3v) is 10.5. The van der Waals surface area contributed by atoms with Crippen LogP contribution in [0, 0.1) is 0 Å². The van der Waals surface area contributed by atoms with Crippen LogP contribution in [0.3, 0.4) is 0 Å². The molecule has 0 aliphatic carbocycles. The van der Waals surface area contributed by atoms with Crippen molar-refractivity contribution in [1.29, 1.82) is 0 Å². The maximum Gasteiger partial charge on any atom is 0.490 e. The minimum absolute atomic E-state index is 0.199. The number of thiophene rings is 1. The molecule has 2 aliphatic heterocycles. The van der Waals surface area contributed by atoms with Crippen LogP contribution in [-0.2, 0) is 31.6 Å². The number of hydrogen-bond donors (Lipinski definition) is 7. The van der Waals surface area contributed by atoms with E-state index in [1.807, 2.05) is 0 Å². The summed E-state index contributed by atoms with van der Waals surface area (Å²) in [5, 5.41) is 26.7. The van der Waals surface area contributed by atoms with E-state index < -0.39 is 54.1 Å². The first-order valence-corrected chi connectivity index (χ1v) is 16.0. The summed E-state index contributed by atoms with van der Waals surface area (Å²) in [4.78, 5) is 57.6. The first-order valence-electron chi connectivity index (χ1n) is 10.6. The summed E-state index contributed by atoms with van der Waals surface area (Å²) in [6.45, 7) is 0.221. The largest absolute Gasteiger partial charge is 0.490 e. The lowest BCUT2D eigenvalue weighted by Crippen LogP contribution is -2.44. The van der Waals surface area contributed by atoms with Gasteiger partial charge in [-0.15, -0.1) is 11.3 Å². The number of fused-ring (bicyclic) bond motifs is 2. The van der Waals surface area contributed by atoms with E-state index in [-0.39, 0.29) is 17.4 Å². The van der Waals surface area contributed by atoms with Crippen molar-refractivity contribution >= 4 is 57.6 Å². The Morgan fingerprint density at radius 3 is 2.56 bits per heavy atom. The number of aliphatic hydroxyl groups is 2. The zero-order valence-corrected chi connectivity index (χ0v) is 22.8. The highest BCUT2D eigenvalue weighted by molar-refractivity contribution is 7.66. The Hall–Kier alpha value is -1.92. The van der Waals surface area contributed by atoms with E-state index in [0.29, 0.717) is 21.4 Å². The van der Waals surface area contributed by atoms with Gasteiger partial charge in [0, 0.05) is 17.3 Å². The van der Waals surface area contributed by atoms with E-state index in [1.54, 1.807) is 11.4 Å². The van der Waals surface area contributed by atoms with Gasteiger partial charge in [-0.1, -0.05) is 0 Å².